The number of amides is 3. The molecular weight excluding hydrogens is 460 g/mol. The van der Waals surface area contributed by atoms with Crippen LogP contribution in [-0.2, 0) is 10.3 Å². The molecule has 3 amide bonds. The summed E-state index contributed by atoms with van der Waals surface area (Å²) in [7, 11) is 0. The Kier molecular flexibility index (Phi) is 6.51. The normalized spacial score (nSPS) is 17.6. The van der Waals surface area contributed by atoms with E-state index in [1.807, 2.05) is 10.6 Å². The zero-order valence-electron chi connectivity index (χ0n) is 16.4. The molecule has 3 N–H and O–H groups in total. The molecule has 2 aromatic carbocycles. The summed E-state index contributed by atoms with van der Waals surface area (Å²) in [6.45, 7) is -2.31. The Morgan fingerprint density at radius 2 is 1.61 bits per heavy atom. The van der Waals surface area contributed by atoms with Crippen LogP contribution in [0.3, 0.4) is 0 Å². The fourth-order valence-corrected chi connectivity index (χ4v) is 3.10. The minimum absolute atomic E-state index is 0.158. The molecule has 0 fully saturated rings. The van der Waals surface area contributed by atoms with Crippen molar-refractivity contribution in [3.63, 3.8) is 0 Å². The van der Waals surface area contributed by atoms with Gasteiger partial charge in [0.05, 0.1) is 18.8 Å². The molecule has 1 aliphatic heterocycles. The second-order valence-corrected chi connectivity index (χ2v) is 6.89. The maximum Gasteiger partial charge on any atom is 0.434 e. The van der Waals surface area contributed by atoms with Gasteiger partial charge in [-0.3, -0.25) is 14.9 Å². The lowest BCUT2D eigenvalue weighted by Crippen LogP contribution is -2.56. The standard InChI is InChI=1S/C20H15F6N3O4/c21-12-4-1-10(2-5-12)16(30)28-9-19(20(24,25)26)13-7-11(17(31)27-8-15(22)23)3-6-14(13)29-18(32)33-19/h1-7,15H,8-9H2,(H,27,31)(H,28,30)(H,29,32). The van der Waals surface area contributed by atoms with E-state index >= 15 is 0 Å². The summed E-state index contributed by atoms with van der Waals surface area (Å²) in [5, 5.41) is 5.92. The van der Waals surface area contributed by atoms with Gasteiger partial charge in [0.2, 0.25) is 0 Å². The molecule has 7 nitrogen and oxygen atoms in total. The lowest BCUT2D eigenvalue weighted by Gasteiger charge is -2.39. The Hall–Kier alpha value is -3.77. The highest BCUT2D eigenvalue weighted by atomic mass is 19.4. The van der Waals surface area contributed by atoms with E-state index in [1.54, 1.807) is 0 Å². The van der Waals surface area contributed by atoms with Gasteiger partial charge in [0.1, 0.15) is 5.82 Å². The second kappa shape index (κ2) is 9.00. The van der Waals surface area contributed by atoms with Crippen LogP contribution in [0.1, 0.15) is 26.3 Å². The van der Waals surface area contributed by atoms with Gasteiger partial charge in [-0.25, -0.2) is 18.0 Å². The molecule has 1 aliphatic rings. The molecule has 0 aliphatic carbocycles. The highest BCUT2D eigenvalue weighted by molar-refractivity contribution is 5.97. The predicted octanol–water partition coefficient (Wildman–Crippen LogP) is 3.57. The quantitative estimate of drug-likeness (QED) is 0.557. The number of carbonyl (C=O) groups is 3. The topological polar surface area (TPSA) is 96.5 Å². The molecule has 0 saturated carbocycles. The van der Waals surface area contributed by atoms with Crippen molar-refractivity contribution in [1.29, 1.82) is 0 Å². The molecule has 13 heteroatoms. The van der Waals surface area contributed by atoms with Crippen molar-refractivity contribution in [3.05, 3.63) is 65.0 Å². The largest absolute Gasteiger partial charge is 0.434 e. The number of hydrogen-bond donors (Lipinski definition) is 3. The number of fused-ring (bicyclic) bond motifs is 1. The smallest absolute Gasteiger partial charge is 0.426 e. The van der Waals surface area contributed by atoms with Crippen molar-refractivity contribution in [2.75, 3.05) is 18.4 Å². The lowest BCUT2D eigenvalue weighted by atomic mass is 9.88. The highest BCUT2D eigenvalue weighted by Crippen LogP contribution is 2.47. The molecule has 1 atom stereocenters. The number of benzene rings is 2. The van der Waals surface area contributed by atoms with E-state index in [0.717, 1.165) is 42.5 Å². The van der Waals surface area contributed by atoms with Gasteiger partial charge in [-0.05, 0) is 42.5 Å². The SMILES string of the molecule is O=C1Nc2ccc(C(=O)NCC(F)F)cc2C(CNC(=O)c2ccc(F)cc2)(C(F)(F)F)O1. The van der Waals surface area contributed by atoms with Gasteiger partial charge in [0.15, 0.2) is 0 Å². The number of anilines is 1. The molecule has 2 aromatic rings. The van der Waals surface area contributed by atoms with Crippen LogP contribution in [0, 0.1) is 5.82 Å². The van der Waals surface area contributed by atoms with Gasteiger partial charge in [-0.2, -0.15) is 13.2 Å². The van der Waals surface area contributed by atoms with Crippen LogP contribution in [0.15, 0.2) is 42.5 Å². The van der Waals surface area contributed by atoms with E-state index in [2.05, 4.69) is 10.1 Å². The van der Waals surface area contributed by atoms with Crippen molar-refractivity contribution in [2.24, 2.45) is 0 Å². The van der Waals surface area contributed by atoms with Crippen molar-refractivity contribution in [1.82, 2.24) is 10.6 Å². The lowest BCUT2D eigenvalue weighted by molar-refractivity contribution is -0.261. The first-order valence-electron chi connectivity index (χ1n) is 9.24. The van der Waals surface area contributed by atoms with Gasteiger partial charge in [0.25, 0.3) is 23.8 Å². The maximum atomic E-state index is 14.2. The number of cyclic esters (lactones) is 1. The molecule has 176 valence electrons. The molecule has 3 rings (SSSR count). The van der Waals surface area contributed by atoms with Crippen LogP contribution >= 0.6 is 0 Å². The average Bonchev–Trinajstić information content (AvgIpc) is 2.74. The Bertz CT molecular complexity index is 1070. The first-order chi connectivity index (χ1) is 15.4. The minimum Gasteiger partial charge on any atom is -0.426 e. The number of hydrogen-bond acceptors (Lipinski definition) is 4. The number of alkyl halides is 5. The summed E-state index contributed by atoms with van der Waals surface area (Å²) in [5.41, 5.74) is -5.05. The van der Waals surface area contributed by atoms with Crippen LogP contribution < -0.4 is 16.0 Å². The first kappa shape index (κ1) is 23.9. The summed E-state index contributed by atoms with van der Waals surface area (Å²) in [5.74, 6) is -2.76. The Morgan fingerprint density at radius 1 is 1.00 bits per heavy atom. The van der Waals surface area contributed by atoms with E-state index in [4.69, 9.17) is 0 Å². The molecular formula is C20H15F6N3O4. The Morgan fingerprint density at radius 3 is 2.21 bits per heavy atom. The van der Waals surface area contributed by atoms with Crippen molar-refractivity contribution in [3.8, 4) is 0 Å². The molecule has 33 heavy (non-hydrogen) atoms. The molecule has 0 bridgehead atoms. The van der Waals surface area contributed by atoms with E-state index in [0.29, 0.717) is 0 Å². The van der Waals surface area contributed by atoms with E-state index in [9.17, 15) is 40.7 Å². The van der Waals surface area contributed by atoms with E-state index in [1.165, 1.54) is 0 Å². The fraction of sp³-hybridized carbons (Fsp3) is 0.250. The third-order valence-electron chi connectivity index (χ3n) is 4.70. The maximum absolute atomic E-state index is 14.2. The minimum atomic E-state index is -5.27. The molecule has 0 radical (unpaired) electrons. The second-order valence-electron chi connectivity index (χ2n) is 6.89. The summed E-state index contributed by atoms with van der Waals surface area (Å²) in [4.78, 5) is 36.3. The number of nitrogens with one attached hydrogen (secondary N) is 3. The van der Waals surface area contributed by atoms with Crippen molar-refractivity contribution < 1.29 is 45.5 Å². The molecule has 1 heterocycles. The Balaban J connectivity index is 1.98. The van der Waals surface area contributed by atoms with Crippen molar-refractivity contribution >= 4 is 23.6 Å². The summed E-state index contributed by atoms with van der Waals surface area (Å²) in [6, 6.07) is 6.68. The zero-order valence-corrected chi connectivity index (χ0v) is 16.4. The molecule has 0 spiro atoms. The number of rotatable bonds is 6. The average molecular weight is 475 g/mol. The first-order valence-corrected chi connectivity index (χ1v) is 9.24. The van der Waals surface area contributed by atoms with Gasteiger partial charge < -0.3 is 15.4 Å². The van der Waals surface area contributed by atoms with Crippen LogP contribution in [0.25, 0.3) is 0 Å². The number of ether oxygens (including phenoxy) is 1. The zero-order chi connectivity index (χ0) is 24.4. The van der Waals surface area contributed by atoms with E-state index < -0.39 is 66.1 Å². The van der Waals surface area contributed by atoms with Gasteiger partial charge in [-0.15, -0.1) is 0 Å². The monoisotopic (exact) mass is 475 g/mol. The third kappa shape index (κ3) is 5.02. The number of halogens is 6. The van der Waals surface area contributed by atoms with Gasteiger partial charge in [0, 0.05) is 16.7 Å². The van der Waals surface area contributed by atoms with Crippen LogP contribution in [0.2, 0.25) is 0 Å². The molecule has 0 aromatic heterocycles. The summed E-state index contributed by atoms with van der Waals surface area (Å²) in [6.07, 6.45) is -9.62. The van der Waals surface area contributed by atoms with Crippen LogP contribution in [-0.4, -0.2) is 43.6 Å². The number of carbonyl (C=O) groups excluding carboxylic acids is 3. The highest BCUT2D eigenvalue weighted by Gasteiger charge is 2.62. The fourth-order valence-electron chi connectivity index (χ4n) is 3.10. The van der Waals surface area contributed by atoms with Gasteiger partial charge in [-0.1, -0.05) is 0 Å². The predicted molar refractivity (Wildman–Crippen MR) is 101 cm³/mol. The van der Waals surface area contributed by atoms with Crippen molar-refractivity contribution in [2.45, 2.75) is 18.2 Å². The summed E-state index contributed by atoms with van der Waals surface area (Å²) < 4.78 is 85.0. The third-order valence-corrected chi connectivity index (χ3v) is 4.70. The van der Waals surface area contributed by atoms with Crippen LogP contribution in [0.4, 0.5) is 36.8 Å². The molecule has 1 unspecified atom stereocenters. The van der Waals surface area contributed by atoms with Gasteiger partial charge >= 0.3 is 12.3 Å². The van der Waals surface area contributed by atoms with E-state index in [-0.39, 0.29) is 11.3 Å². The molecule has 0 saturated heterocycles. The summed E-state index contributed by atoms with van der Waals surface area (Å²) >= 11 is 0. The Labute approximate surface area is 182 Å². The van der Waals surface area contributed by atoms with Crippen LogP contribution in [0.5, 0.6) is 0 Å².